The Balaban J connectivity index is 2.00. The average molecular weight is 415 g/mol. The van der Waals surface area contributed by atoms with E-state index >= 15 is 0 Å². The second-order valence-electron chi connectivity index (χ2n) is 6.61. The average Bonchev–Trinajstić information content (AvgIpc) is 3.04. The third-order valence-electron chi connectivity index (χ3n) is 4.62. The molecule has 2 heterocycles. The maximum atomic E-state index is 13.8. The molecular weight excluding hydrogens is 402 g/mol. The smallest absolute Gasteiger partial charge is 0.417 e. The van der Waals surface area contributed by atoms with Crippen molar-refractivity contribution < 1.29 is 27.5 Å². The third-order valence-corrected chi connectivity index (χ3v) is 4.62. The molecule has 0 atom stereocenters. The predicted octanol–water partition coefficient (Wildman–Crippen LogP) is 5.25. The summed E-state index contributed by atoms with van der Waals surface area (Å²) in [5.41, 5.74) is -0.105. The summed E-state index contributed by atoms with van der Waals surface area (Å²) in [5, 5.41) is 13.1. The molecule has 152 valence electrons. The Labute approximate surface area is 167 Å². The van der Waals surface area contributed by atoms with Gasteiger partial charge < -0.3 is 5.11 Å². The second kappa shape index (κ2) is 6.94. The van der Waals surface area contributed by atoms with E-state index in [0.717, 1.165) is 18.2 Å². The largest absolute Gasteiger partial charge is 0.478 e. The van der Waals surface area contributed by atoms with Gasteiger partial charge in [-0.05, 0) is 61.5 Å². The molecule has 0 amide bonds. The molecule has 9 heteroatoms. The Morgan fingerprint density at radius 1 is 1.03 bits per heavy atom. The summed E-state index contributed by atoms with van der Waals surface area (Å²) in [6.45, 7) is 1.44. The van der Waals surface area contributed by atoms with Gasteiger partial charge in [0.05, 0.1) is 33.6 Å². The maximum absolute atomic E-state index is 13.8. The van der Waals surface area contributed by atoms with Crippen LogP contribution >= 0.6 is 0 Å². The maximum Gasteiger partial charge on any atom is 0.417 e. The predicted molar refractivity (Wildman–Crippen MR) is 101 cm³/mol. The van der Waals surface area contributed by atoms with Crippen LogP contribution in [0.25, 0.3) is 28.0 Å². The number of carboxylic acids is 1. The van der Waals surface area contributed by atoms with Crippen molar-refractivity contribution in [3.05, 3.63) is 77.2 Å². The fourth-order valence-corrected chi connectivity index (χ4v) is 3.21. The number of pyridine rings is 1. The molecule has 0 radical (unpaired) electrons. The molecule has 0 spiro atoms. The van der Waals surface area contributed by atoms with Gasteiger partial charge in [-0.1, -0.05) is 0 Å². The summed E-state index contributed by atoms with van der Waals surface area (Å²) in [7, 11) is 0. The molecule has 5 nitrogen and oxygen atoms in total. The highest BCUT2D eigenvalue weighted by atomic mass is 19.4. The van der Waals surface area contributed by atoms with Crippen molar-refractivity contribution in [1.29, 1.82) is 0 Å². The van der Waals surface area contributed by atoms with Gasteiger partial charge in [-0.25, -0.2) is 18.9 Å². The van der Waals surface area contributed by atoms with Crippen LogP contribution in [0.15, 0.2) is 54.6 Å². The van der Waals surface area contributed by atoms with E-state index in [4.69, 9.17) is 5.11 Å². The van der Waals surface area contributed by atoms with Gasteiger partial charge in [0.15, 0.2) is 5.65 Å². The van der Waals surface area contributed by atoms with Crippen molar-refractivity contribution in [2.24, 2.45) is 0 Å². The Morgan fingerprint density at radius 2 is 1.67 bits per heavy atom. The molecule has 0 saturated heterocycles. The number of hydrogen-bond acceptors (Lipinski definition) is 3. The lowest BCUT2D eigenvalue weighted by molar-refractivity contribution is -0.136. The second-order valence-corrected chi connectivity index (χ2v) is 6.61. The number of benzene rings is 2. The molecule has 0 aliphatic carbocycles. The number of fused-ring (bicyclic) bond motifs is 1. The molecule has 0 aliphatic rings. The minimum Gasteiger partial charge on any atom is -0.478 e. The number of carboxylic acid groups (broad SMARTS) is 1. The van der Waals surface area contributed by atoms with Crippen molar-refractivity contribution in [1.82, 2.24) is 14.8 Å². The van der Waals surface area contributed by atoms with Gasteiger partial charge in [-0.15, -0.1) is 0 Å². The molecule has 0 bridgehead atoms. The van der Waals surface area contributed by atoms with Crippen LogP contribution in [0.5, 0.6) is 0 Å². The van der Waals surface area contributed by atoms with E-state index in [-0.39, 0.29) is 28.0 Å². The fraction of sp³-hybridized carbons (Fsp3) is 0.0952. The van der Waals surface area contributed by atoms with Gasteiger partial charge in [0.2, 0.25) is 0 Å². The van der Waals surface area contributed by atoms with Crippen LogP contribution in [-0.2, 0) is 6.18 Å². The number of alkyl halides is 3. The van der Waals surface area contributed by atoms with Crippen molar-refractivity contribution in [2.75, 3.05) is 0 Å². The van der Waals surface area contributed by atoms with Crippen LogP contribution in [0.1, 0.15) is 21.6 Å². The molecule has 0 fully saturated rings. The lowest BCUT2D eigenvalue weighted by Gasteiger charge is -2.12. The number of rotatable bonds is 3. The Kier molecular flexibility index (Phi) is 4.53. The number of halogens is 4. The molecule has 4 aromatic rings. The number of aryl methyl sites for hydroxylation is 1. The van der Waals surface area contributed by atoms with Gasteiger partial charge in [0.25, 0.3) is 0 Å². The summed E-state index contributed by atoms with van der Waals surface area (Å²) in [5.74, 6) is -1.64. The van der Waals surface area contributed by atoms with E-state index < -0.39 is 23.5 Å². The van der Waals surface area contributed by atoms with Crippen LogP contribution in [0.4, 0.5) is 17.6 Å². The Hall–Kier alpha value is -3.75. The highest BCUT2D eigenvalue weighted by Crippen LogP contribution is 2.38. The molecular formula is C21H13F4N3O2. The van der Waals surface area contributed by atoms with E-state index in [9.17, 15) is 22.4 Å². The van der Waals surface area contributed by atoms with Crippen molar-refractivity contribution in [3.63, 3.8) is 0 Å². The van der Waals surface area contributed by atoms with E-state index in [1.807, 2.05) is 0 Å². The molecule has 2 aromatic carbocycles. The first-order chi connectivity index (χ1) is 14.1. The summed E-state index contributed by atoms with van der Waals surface area (Å²) in [4.78, 5) is 15.4. The minimum absolute atomic E-state index is 0.0122. The summed E-state index contributed by atoms with van der Waals surface area (Å²) < 4.78 is 55.9. The number of nitrogens with zero attached hydrogens (tertiary/aromatic N) is 3. The standard InChI is InChI=1S/C21H13F4N3O2/c1-11-18-16(21(23,24)25)10-17(12-2-6-14(22)7-3-12)26-19(18)28(27-11)15-8-4-13(5-9-15)20(29)30/h2-10H,1H3,(H,29,30). The van der Waals surface area contributed by atoms with Crippen molar-refractivity contribution >= 4 is 17.0 Å². The zero-order valence-corrected chi connectivity index (χ0v) is 15.4. The first-order valence-corrected chi connectivity index (χ1v) is 8.72. The van der Waals surface area contributed by atoms with Crippen LogP contribution in [0.2, 0.25) is 0 Å². The molecule has 4 rings (SSSR count). The zero-order chi connectivity index (χ0) is 21.6. The number of hydrogen-bond donors (Lipinski definition) is 1. The summed E-state index contributed by atoms with van der Waals surface area (Å²) in [6, 6.07) is 11.4. The first kappa shape index (κ1) is 19.6. The minimum atomic E-state index is -4.66. The van der Waals surface area contributed by atoms with E-state index in [2.05, 4.69) is 10.1 Å². The zero-order valence-electron chi connectivity index (χ0n) is 15.4. The molecule has 1 N–H and O–H groups in total. The van der Waals surface area contributed by atoms with Gasteiger partial charge in [-0.3, -0.25) is 0 Å². The first-order valence-electron chi connectivity index (χ1n) is 8.72. The molecule has 0 unspecified atom stereocenters. The van der Waals surface area contributed by atoms with Crippen LogP contribution in [-0.4, -0.2) is 25.8 Å². The number of carbonyl (C=O) groups is 1. The summed E-state index contributed by atoms with van der Waals surface area (Å²) in [6.07, 6.45) is -4.66. The van der Waals surface area contributed by atoms with Crippen molar-refractivity contribution in [2.45, 2.75) is 13.1 Å². The highest BCUT2D eigenvalue weighted by Gasteiger charge is 2.35. The van der Waals surface area contributed by atoms with E-state index in [1.165, 1.54) is 48.0 Å². The van der Waals surface area contributed by atoms with Gasteiger partial charge >= 0.3 is 12.1 Å². The third kappa shape index (κ3) is 3.38. The molecule has 30 heavy (non-hydrogen) atoms. The van der Waals surface area contributed by atoms with Crippen LogP contribution < -0.4 is 0 Å². The van der Waals surface area contributed by atoms with Gasteiger partial charge in [0, 0.05) is 5.56 Å². The van der Waals surface area contributed by atoms with Crippen molar-refractivity contribution in [3.8, 4) is 16.9 Å². The SMILES string of the molecule is Cc1nn(-c2ccc(C(=O)O)cc2)c2nc(-c3ccc(F)cc3)cc(C(F)(F)F)c12. The number of aromatic nitrogens is 3. The van der Waals surface area contributed by atoms with Crippen LogP contribution in [0.3, 0.4) is 0 Å². The Bertz CT molecular complexity index is 1260. The normalized spacial score (nSPS) is 11.8. The fourth-order valence-electron chi connectivity index (χ4n) is 3.21. The van der Waals surface area contributed by atoms with E-state index in [1.54, 1.807) is 0 Å². The molecule has 0 aliphatic heterocycles. The summed E-state index contributed by atoms with van der Waals surface area (Å²) >= 11 is 0. The topological polar surface area (TPSA) is 68.0 Å². The highest BCUT2D eigenvalue weighted by molar-refractivity contribution is 5.89. The lowest BCUT2D eigenvalue weighted by Crippen LogP contribution is -2.08. The van der Waals surface area contributed by atoms with Crippen LogP contribution in [0, 0.1) is 12.7 Å². The molecule has 0 saturated carbocycles. The van der Waals surface area contributed by atoms with Gasteiger partial charge in [0.1, 0.15) is 5.82 Å². The molecule has 2 aromatic heterocycles. The van der Waals surface area contributed by atoms with E-state index in [0.29, 0.717) is 11.3 Å². The van der Waals surface area contributed by atoms with Gasteiger partial charge in [-0.2, -0.15) is 18.3 Å². The lowest BCUT2D eigenvalue weighted by atomic mass is 10.1. The Morgan fingerprint density at radius 3 is 2.23 bits per heavy atom. The number of aromatic carboxylic acids is 1. The monoisotopic (exact) mass is 415 g/mol. The quantitative estimate of drug-likeness (QED) is 0.464.